The summed E-state index contributed by atoms with van der Waals surface area (Å²) in [6, 6.07) is 3.09. The van der Waals surface area contributed by atoms with Crippen molar-refractivity contribution in [2.45, 2.75) is 6.92 Å². The van der Waals surface area contributed by atoms with Gasteiger partial charge in [0, 0.05) is 5.56 Å². The normalized spacial score (nSPS) is 10.6. The van der Waals surface area contributed by atoms with Crippen LogP contribution in [0.2, 0.25) is 5.02 Å². The smallest absolute Gasteiger partial charge is 0.255 e. The first kappa shape index (κ1) is 14.1. The van der Waals surface area contributed by atoms with Gasteiger partial charge in [0.2, 0.25) is 0 Å². The molecular formula is C11H13ClN2O4. The zero-order chi connectivity index (χ0) is 13.5. The Morgan fingerprint density at radius 2 is 2.28 bits per heavy atom. The number of hydrogen-bond acceptors (Lipinski definition) is 5. The van der Waals surface area contributed by atoms with E-state index in [0.29, 0.717) is 17.9 Å². The monoisotopic (exact) mass is 272 g/mol. The molecule has 0 fully saturated rings. The number of carbonyl (C=O) groups is 1. The van der Waals surface area contributed by atoms with Crippen LogP contribution in [0, 0.1) is 0 Å². The standard InChI is InChI=1S/C11H13ClN2O4/c1-2-17-9-4-7(5-14-16)3-8(12)11(9)18-6-10(13)15/h3-5,16H,2,6H2,1H3,(H2,13,15). The number of carbonyl (C=O) groups excluding carboxylic acids is 1. The molecule has 0 aliphatic rings. The van der Waals surface area contributed by atoms with E-state index in [2.05, 4.69) is 5.16 Å². The molecular weight excluding hydrogens is 260 g/mol. The third kappa shape index (κ3) is 3.81. The first-order valence-electron chi connectivity index (χ1n) is 5.13. The van der Waals surface area contributed by atoms with E-state index in [1.165, 1.54) is 12.3 Å². The molecule has 0 saturated heterocycles. The fourth-order valence-electron chi connectivity index (χ4n) is 1.28. The van der Waals surface area contributed by atoms with Gasteiger partial charge in [-0.3, -0.25) is 4.79 Å². The number of hydrogen-bond donors (Lipinski definition) is 2. The Balaban J connectivity index is 3.09. The highest BCUT2D eigenvalue weighted by atomic mass is 35.5. The molecule has 0 aliphatic carbocycles. The number of primary amides is 1. The van der Waals surface area contributed by atoms with E-state index < -0.39 is 5.91 Å². The molecule has 0 aromatic heterocycles. The topological polar surface area (TPSA) is 94.1 Å². The summed E-state index contributed by atoms with van der Waals surface area (Å²) < 4.78 is 10.5. The van der Waals surface area contributed by atoms with E-state index in [4.69, 9.17) is 32.0 Å². The molecule has 0 saturated carbocycles. The van der Waals surface area contributed by atoms with Gasteiger partial charge in [-0.15, -0.1) is 0 Å². The van der Waals surface area contributed by atoms with Crippen molar-refractivity contribution < 1.29 is 19.5 Å². The summed E-state index contributed by atoms with van der Waals surface area (Å²) in [6.07, 6.45) is 1.20. The maximum absolute atomic E-state index is 10.7. The predicted molar refractivity (Wildman–Crippen MR) is 66.7 cm³/mol. The highest BCUT2D eigenvalue weighted by Crippen LogP contribution is 2.36. The second-order valence-corrected chi connectivity index (χ2v) is 3.67. The molecule has 1 aromatic rings. The summed E-state index contributed by atoms with van der Waals surface area (Å²) in [4.78, 5) is 10.7. The average Bonchev–Trinajstić information content (AvgIpc) is 2.28. The Hall–Kier alpha value is -1.95. The Bertz CT molecular complexity index is 463. The molecule has 3 N–H and O–H groups in total. The number of benzene rings is 1. The molecule has 1 aromatic carbocycles. The van der Waals surface area contributed by atoms with Crippen molar-refractivity contribution in [3.05, 3.63) is 22.7 Å². The minimum atomic E-state index is -0.616. The van der Waals surface area contributed by atoms with Gasteiger partial charge in [0.25, 0.3) is 5.91 Å². The van der Waals surface area contributed by atoms with Gasteiger partial charge in [0.1, 0.15) is 0 Å². The van der Waals surface area contributed by atoms with Crippen molar-refractivity contribution in [1.29, 1.82) is 0 Å². The third-order valence-electron chi connectivity index (χ3n) is 1.90. The molecule has 1 rings (SSSR count). The quantitative estimate of drug-likeness (QED) is 0.465. The van der Waals surface area contributed by atoms with Gasteiger partial charge in [-0.05, 0) is 19.1 Å². The largest absolute Gasteiger partial charge is 0.490 e. The number of halogens is 1. The maximum atomic E-state index is 10.7. The molecule has 0 bridgehead atoms. The minimum absolute atomic E-state index is 0.229. The zero-order valence-corrected chi connectivity index (χ0v) is 10.5. The van der Waals surface area contributed by atoms with Crippen LogP contribution in [-0.2, 0) is 4.79 Å². The Kier molecular flexibility index (Phi) is 5.26. The molecule has 0 spiro atoms. The SMILES string of the molecule is CCOc1cc(C=NO)cc(Cl)c1OCC(N)=O. The van der Waals surface area contributed by atoms with E-state index in [0.717, 1.165) is 0 Å². The number of amides is 1. The van der Waals surface area contributed by atoms with Crippen LogP contribution in [0.15, 0.2) is 17.3 Å². The highest BCUT2D eigenvalue weighted by molar-refractivity contribution is 6.32. The molecule has 1 amide bonds. The van der Waals surface area contributed by atoms with Gasteiger partial charge in [-0.25, -0.2) is 0 Å². The lowest BCUT2D eigenvalue weighted by atomic mass is 10.2. The second kappa shape index (κ2) is 6.70. The molecule has 18 heavy (non-hydrogen) atoms. The molecule has 0 aliphatic heterocycles. The van der Waals surface area contributed by atoms with Crippen LogP contribution in [0.3, 0.4) is 0 Å². The van der Waals surface area contributed by atoms with E-state index >= 15 is 0 Å². The van der Waals surface area contributed by atoms with Crippen molar-refractivity contribution >= 4 is 23.7 Å². The van der Waals surface area contributed by atoms with Crippen LogP contribution in [-0.4, -0.2) is 30.5 Å². The van der Waals surface area contributed by atoms with Crippen LogP contribution >= 0.6 is 11.6 Å². The van der Waals surface area contributed by atoms with Crippen LogP contribution in [0.1, 0.15) is 12.5 Å². The minimum Gasteiger partial charge on any atom is -0.490 e. The summed E-state index contributed by atoms with van der Waals surface area (Å²) in [5, 5.41) is 11.6. The summed E-state index contributed by atoms with van der Waals surface area (Å²) in [5.41, 5.74) is 5.53. The van der Waals surface area contributed by atoms with Crippen LogP contribution < -0.4 is 15.2 Å². The molecule has 7 heteroatoms. The van der Waals surface area contributed by atoms with Crippen LogP contribution in [0.4, 0.5) is 0 Å². The number of nitrogens with zero attached hydrogens (tertiary/aromatic N) is 1. The van der Waals surface area contributed by atoms with Crippen LogP contribution in [0.5, 0.6) is 11.5 Å². The van der Waals surface area contributed by atoms with Crippen molar-refractivity contribution in [1.82, 2.24) is 0 Å². The summed E-state index contributed by atoms with van der Waals surface area (Å²) in [7, 11) is 0. The van der Waals surface area contributed by atoms with E-state index in [1.54, 1.807) is 13.0 Å². The molecule has 98 valence electrons. The lowest BCUT2D eigenvalue weighted by molar-refractivity contribution is -0.119. The Morgan fingerprint density at radius 1 is 1.56 bits per heavy atom. The molecule has 0 heterocycles. The van der Waals surface area contributed by atoms with E-state index in [-0.39, 0.29) is 17.4 Å². The van der Waals surface area contributed by atoms with Crippen molar-refractivity contribution in [3.8, 4) is 11.5 Å². The molecule has 0 atom stereocenters. The first-order valence-corrected chi connectivity index (χ1v) is 5.51. The highest BCUT2D eigenvalue weighted by Gasteiger charge is 2.13. The lowest BCUT2D eigenvalue weighted by Gasteiger charge is -2.13. The van der Waals surface area contributed by atoms with Gasteiger partial charge in [-0.1, -0.05) is 16.8 Å². The number of ether oxygens (including phenoxy) is 2. The fraction of sp³-hybridized carbons (Fsp3) is 0.273. The van der Waals surface area contributed by atoms with E-state index in [1.807, 2.05) is 0 Å². The lowest BCUT2D eigenvalue weighted by Crippen LogP contribution is -2.20. The number of rotatable bonds is 6. The maximum Gasteiger partial charge on any atom is 0.255 e. The zero-order valence-electron chi connectivity index (χ0n) is 9.72. The van der Waals surface area contributed by atoms with Crippen molar-refractivity contribution in [2.24, 2.45) is 10.9 Å². The average molecular weight is 273 g/mol. The van der Waals surface area contributed by atoms with Crippen molar-refractivity contribution in [3.63, 3.8) is 0 Å². The number of oxime groups is 1. The molecule has 0 unspecified atom stereocenters. The first-order chi connectivity index (χ1) is 8.58. The van der Waals surface area contributed by atoms with Gasteiger partial charge in [-0.2, -0.15) is 0 Å². The Labute approximate surface area is 109 Å². The van der Waals surface area contributed by atoms with Crippen molar-refractivity contribution in [2.75, 3.05) is 13.2 Å². The third-order valence-corrected chi connectivity index (χ3v) is 2.18. The van der Waals surface area contributed by atoms with Gasteiger partial charge in [0.15, 0.2) is 18.1 Å². The van der Waals surface area contributed by atoms with Gasteiger partial charge in [0.05, 0.1) is 17.8 Å². The van der Waals surface area contributed by atoms with Gasteiger partial charge >= 0.3 is 0 Å². The molecule has 0 radical (unpaired) electrons. The second-order valence-electron chi connectivity index (χ2n) is 3.26. The van der Waals surface area contributed by atoms with Gasteiger partial charge < -0.3 is 20.4 Å². The summed E-state index contributed by atoms with van der Waals surface area (Å²) in [5.74, 6) is -0.0388. The Morgan fingerprint density at radius 3 is 2.83 bits per heavy atom. The summed E-state index contributed by atoms with van der Waals surface area (Å²) in [6.45, 7) is 1.88. The summed E-state index contributed by atoms with van der Waals surface area (Å²) >= 11 is 5.99. The fourth-order valence-corrected chi connectivity index (χ4v) is 1.55. The number of nitrogens with two attached hydrogens (primary N) is 1. The van der Waals surface area contributed by atoms with E-state index in [9.17, 15) is 4.79 Å². The van der Waals surface area contributed by atoms with Crippen LogP contribution in [0.25, 0.3) is 0 Å². The predicted octanol–water partition coefficient (Wildman–Crippen LogP) is 1.41. The molecule has 6 nitrogen and oxygen atoms in total.